The van der Waals surface area contributed by atoms with E-state index in [2.05, 4.69) is 10.3 Å². The zero-order valence-electron chi connectivity index (χ0n) is 8.52. The van der Waals surface area contributed by atoms with E-state index in [0.29, 0.717) is 4.88 Å². The summed E-state index contributed by atoms with van der Waals surface area (Å²) >= 11 is 1.22. The minimum Gasteiger partial charge on any atom is -0.264 e. The average molecular weight is 261 g/mol. The van der Waals surface area contributed by atoms with Crippen LogP contribution < -0.4 is 0 Å². The van der Waals surface area contributed by atoms with Gasteiger partial charge in [-0.1, -0.05) is 6.07 Å². The van der Waals surface area contributed by atoms with E-state index in [1.165, 1.54) is 18.4 Å². The minimum absolute atomic E-state index is 0.0855. The van der Waals surface area contributed by atoms with Gasteiger partial charge in [-0.05, 0) is 16.6 Å². The molecular formula is C9H6F3N3OS. The van der Waals surface area contributed by atoms with Gasteiger partial charge in [0.1, 0.15) is 5.69 Å². The summed E-state index contributed by atoms with van der Waals surface area (Å²) in [5.41, 5.74) is -1.83. The molecule has 0 N–H and O–H groups in total. The van der Waals surface area contributed by atoms with Crippen molar-refractivity contribution in [3.63, 3.8) is 0 Å². The highest BCUT2D eigenvalue weighted by molar-refractivity contribution is 7.13. The molecule has 0 atom stereocenters. The van der Waals surface area contributed by atoms with Gasteiger partial charge in [-0.2, -0.15) is 18.3 Å². The number of halogens is 3. The average Bonchev–Trinajstić information content (AvgIpc) is 2.82. The van der Waals surface area contributed by atoms with E-state index in [4.69, 9.17) is 0 Å². The van der Waals surface area contributed by atoms with E-state index in [1.807, 2.05) is 0 Å². The second-order valence-electron chi connectivity index (χ2n) is 3.24. The molecule has 2 aromatic heterocycles. The third-order valence-electron chi connectivity index (χ3n) is 2.14. The highest BCUT2D eigenvalue weighted by Crippen LogP contribution is 2.42. The van der Waals surface area contributed by atoms with E-state index in [9.17, 15) is 18.1 Å². The fourth-order valence-corrected chi connectivity index (χ4v) is 2.28. The lowest BCUT2D eigenvalue weighted by Crippen LogP contribution is -2.06. The van der Waals surface area contributed by atoms with Crippen molar-refractivity contribution in [1.82, 2.24) is 9.78 Å². The number of aromatic nitrogens is 2. The number of nitroso groups, excluding NO2 is 1. The molecule has 0 amide bonds. The van der Waals surface area contributed by atoms with Gasteiger partial charge >= 0.3 is 6.18 Å². The Morgan fingerprint density at radius 3 is 2.65 bits per heavy atom. The Morgan fingerprint density at radius 1 is 1.47 bits per heavy atom. The van der Waals surface area contributed by atoms with Crippen molar-refractivity contribution in [2.75, 3.05) is 0 Å². The molecule has 4 nitrogen and oxygen atoms in total. The highest BCUT2D eigenvalue weighted by atomic mass is 32.1. The van der Waals surface area contributed by atoms with Crippen LogP contribution in [0.1, 0.15) is 5.69 Å². The van der Waals surface area contributed by atoms with Gasteiger partial charge < -0.3 is 0 Å². The number of nitrogens with zero attached hydrogens (tertiary/aromatic N) is 3. The largest absolute Gasteiger partial charge is 0.437 e. The topological polar surface area (TPSA) is 47.2 Å². The van der Waals surface area contributed by atoms with Gasteiger partial charge in [0.2, 0.25) is 0 Å². The molecular weight excluding hydrogens is 255 g/mol. The monoisotopic (exact) mass is 261 g/mol. The predicted octanol–water partition coefficient (Wildman–Crippen LogP) is 3.57. The molecule has 0 unspecified atom stereocenters. The van der Waals surface area contributed by atoms with Crippen LogP contribution in [0.2, 0.25) is 0 Å². The fraction of sp³-hybridized carbons (Fsp3) is 0.222. The molecule has 2 aromatic rings. The Kier molecular flexibility index (Phi) is 2.74. The lowest BCUT2D eigenvalue weighted by atomic mass is 10.2. The van der Waals surface area contributed by atoms with Gasteiger partial charge in [0.05, 0.1) is 4.88 Å². The normalized spacial score (nSPS) is 11.8. The zero-order valence-corrected chi connectivity index (χ0v) is 9.34. The van der Waals surface area contributed by atoms with Crippen LogP contribution in [0.4, 0.5) is 18.9 Å². The van der Waals surface area contributed by atoms with Crippen LogP contribution in [0, 0.1) is 4.91 Å². The van der Waals surface area contributed by atoms with Crippen molar-refractivity contribution < 1.29 is 13.2 Å². The number of rotatable bonds is 2. The lowest BCUT2D eigenvalue weighted by molar-refractivity contribution is -0.140. The SMILES string of the molecule is Cn1nc(C(F)(F)F)c(N=O)c1-c1cccs1. The predicted molar refractivity (Wildman–Crippen MR) is 57.0 cm³/mol. The third-order valence-corrected chi connectivity index (χ3v) is 3.01. The molecule has 0 aliphatic heterocycles. The van der Waals surface area contributed by atoms with Crippen molar-refractivity contribution in [1.29, 1.82) is 0 Å². The summed E-state index contributed by atoms with van der Waals surface area (Å²) in [6.07, 6.45) is -4.68. The summed E-state index contributed by atoms with van der Waals surface area (Å²) in [5.74, 6) is 0. The number of alkyl halides is 3. The van der Waals surface area contributed by atoms with Crippen LogP contribution >= 0.6 is 11.3 Å². The summed E-state index contributed by atoms with van der Waals surface area (Å²) in [6, 6.07) is 3.28. The van der Waals surface area contributed by atoms with E-state index in [1.54, 1.807) is 17.5 Å². The van der Waals surface area contributed by atoms with Crippen LogP contribution in [0.5, 0.6) is 0 Å². The van der Waals surface area contributed by atoms with Crippen LogP contribution in [-0.4, -0.2) is 9.78 Å². The quantitative estimate of drug-likeness (QED) is 0.776. The first-order valence-electron chi connectivity index (χ1n) is 4.46. The first-order chi connectivity index (χ1) is 7.95. The highest BCUT2D eigenvalue weighted by Gasteiger charge is 2.40. The Morgan fingerprint density at radius 2 is 2.18 bits per heavy atom. The van der Waals surface area contributed by atoms with Gasteiger partial charge in [-0.3, -0.25) is 4.68 Å². The molecule has 0 bridgehead atoms. The first-order valence-corrected chi connectivity index (χ1v) is 5.34. The number of hydrogen-bond donors (Lipinski definition) is 0. The molecule has 2 rings (SSSR count). The second kappa shape index (κ2) is 3.95. The molecule has 8 heteroatoms. The molecule has 2 heterocycles. The smallest absolute Gasteiger partial charge is 0.264 e. The molecule has 0 aromatic carbocycles. The van der Waals surface area contributed by atoms with E-state index < -0.39 is 17.6 Å². The third kappa shape index (κ3) is 1.95. The second-order valence-corrected chi connectivity index (χ2v) is 4.18. The Hall–Kier alpha value is -1.70. The summed E-state index contributed by atoms with van der Waals surface area (Å²) in [6.45, 7) is 0. The number of thiophene rings is 1. The molecule has 0 radical (unpaired) electrons. The molecule has 0 fully saturated rings. The Balaban J connectivity index is 2.69. The standard InChI is InChI=1S/C9H6F3N3OS/c1-15-7(5-3-2-4-17-5)6(14-16)8(13-15)9(10,11)12/h2-4H,1H3. The fourth-order valence-electron chi connectivity index (χ4n) is 1.48. The van der Waals surface area contributed by atoms with Crippen molar-refractivity contribution >= 4 is 17.0 Å². The molecule has 90 valence electrons. The van der Waals surface area contributed by atoms with E-state index in [-0.39, 0.29) is 5.69 Å². The van der Waals surface area contributed by atoms with Crippen LogP contribution in [0.3, 0.4) is 0 Å². The minimum atomic E-state index is -4.68. The summed E-state index contributed by atoms with van der Waals surface area (Å²) in [4.78, 5) is 11.1. The molecule has 0 saturated carbocycles. The van der Waals surface area contributed by atoms with Crippen molar-refractivity contribution in [3.8, 4) is 10.6 Å². The van der Waals surface area contributed by atoms with Crippen molar-refractivity contribution in [2.45, 2.75) is 6.18 Å². The van der Waals surface area contributed by atoms with E-state index >= 15 is 0 Å². The maximum absolute atomic E-state index is 12.6. The molecule has 17 heavy (non-hydrogen) atoms. The number of aryl methyl sites for hydroxylation is 1. The summed E-state index contributed by atoms with van der Waals surface area (Å²) in [7, 11) is 1.35. The van der Waals surface area contributed by atoms with Gasteiger partial charge in [0.15, 0.2) is 11.4 Å². The summed E-state index contributed by atoms with van der Waals surface area (Å²) in [5, 5.41) is 7.48. The van der Waals surface area contributed by atoms with Crippen molar-refractivity contribution in [3.05, 3.63) is 28.1 Å². The lowest BCUT2D eigenvalue weighted by Gasteiger charge is -2.01. The molecule has 0 spiro atoms. The Labute approximate surface area is 97.7 Å². The van der Waals surface area contributed by atoms with Gasteiger partial charge in [-0.25, -0.2) is 0 Å². The zero-order chi connectivity index (χ0) is 12.6. The van der Waals surface area contributed by atoms with Crippen LogP contribution in [-0.2, 0) is 13.2 Å². The maximum Gasteiger partial charge on any atom is 0.437 e. The molecule has 0 aliphatic rings. The maximum atomic E-state index is 12.6. The Bertz CT molecular complexity index is 545. The number of hydrogen-bond acceptors (Lipinski definition) is 4. The van der Waals surface area contributed by atoms with E-state index in [0.717, 1.165) is 4.68 Å². The molecule has 0 aliphatic carbocycles. The molecule has 0 saturated heterocycles. The van der Waals surface area contributed by atoms with Crippen LogP contribution in [0.15, 0.2) is 22.7 Å². The van der Waals surface area contributed by atoms with Gasteiger partial charge in [-0.15, -0.1) is 16.2 Å². The van der Waals surface area contributed by atoms with Gasteiger partial charge in [0.25, 0.3) is 0 Å². The summed E-state index contributed by atoms with van der Waals surface area (Å²) < 4.78 is 38.8. The van der Waals surface area contributed by atoms with Crippen molar-refractivity contribution in [2.24, 2.45) is 12.2 Å². The van der Waals surface area contributed by atoms with Gasteiger partial charge in [0, 0.05) is 7.05 Å². The first kappa shape index (κ1) is 11.8. The van der Waals surface area contributed by atoms with Crippen LogP contribution in [0.25, 0.3) is 10.6 Å².